The smallest absolute Gasteiger partial charge is 0.351 e. The van der Waals surface area contributed by atoms with Gasteiger partial charge in [0, 0.05) is 10.9 Å². The molecule has 2 heterocycles. The normalized spacial score (nSPS) is 11.1. The number of halogens is 1. The number of carbonyl (C=O) groups excluding carboxylic acids is 1. The van der Waals surface area contributed by atoms with Gasteiger partial charge in [-0.05, 0) is 43.3 Å². The van der Waals surface area contributed by atoms with Crippen molar-refractivity contribution in [3.63, 3.8) is 0 Å². The third kappa shape index (κ3) is 3.70. The first kappa shape index (κ1) is 20.7. The molecule has 5 aromatic rings. The lowest BCUT2D eigenvalue weighted by atomic mass is 10.1. The SMILES string of the molecule is Cc1ccc2oc(-c3ccccc3Cl)c(OC(=O)c3cc4ccccc4oc3=O)c(=O)c2c1. The molecule has 0 bridgehead atoms. The standard InChI is InChI=1S/C26H15ClO6/c1-14-10-11-21-17(12-14)22(28)24(23(31-21)16-7-3-4-8-19(16)27)33-26(30)18-13-15-6-2-5-9-20(15)32-25(18)29/h2-13H,1H3. The highest BCUT2D eigenvalue weighted by atomic mass is 35.5. The van der Waals surface area contributed by atoms with Crippen LogP contribution in [0.25, 0.3) is 33.3 Å². The van der Waals surface area contributed by atoms with Crippen molar-refractivity contribution in [2.75, 3.05) is 0 Å². The van der Waals surface area contributed by atoms with Gasteiger partial charge in [0.15, 0.2) is 5.76 Å². The molecule has 0 radical (unpaired) electrons. The zero-order valence-electron chi connectivity index (χ0n) is 17.3. The van der Waals surface area contributed by atoms with E-state index in [-0.39, 0.29) is 22.5 Å². The lowest BCUT2D eigenvalue weighted by Gasteiger charge is -2.12. The fourth-order valence-electron chi connectivity index (χ4n) is 3.56. The van der Waals surface area contributed by atoms with Gasteiger partial charge in [-0.3, -0.25) is 4.79 Å². The van der Waals surface area contributed by atoms with Crippen LogP contribution in [0.2, 0.25) is 5.02 Å². The number of benzene rings is 3. The summed E-state index contributed by atoms with van der Waals surface area (Å²) < 4.78 is 16.7. The summed E-state index contributed by atoms with van der Waals surface area (Å²) in [5, 5.41) is 1.07. The molecule has 2 aromatic heterocycles. The van der Waals surface area contributed by atoms with E-state index in [1.165, 1.54) is 6.07 Å². The van der Waals surface area contributed by atoms with Crippen LogP contribution in [-0.2, 0) is 0 Å². The summed E-state index contributed by atoms with van der Waals surface area (Å²) in [5.41, 5.74) is 0.0526. The van der Waals surface area contributed by atoms with Crippen LogP contribution in [0.15, 0.2) is 91.2 Å². The molecule has 0 atom stereocenters. The van der Waals surface area contributed by atoms with E-state index in [2.05, 4.69) is 0 Å². The molecule has 0 saturated carbocycles. The van der Waals surface area contributed by atoms with Crippen LogP contribution in [0.4, 0.5) is 0 Å². The Morgan fingerprint density at radius 2 is 1.64 bits per heavy atom. The Hall–Kier alpha value is -4.16. The second-order valence-electron chi connectivity index (χ2n) is 7.44. The molecule has 5 rings (SSSR count). The van der Waals surface area contributed by atoms with E-state index >= 15 is 0 Å². The van der Waals surface area contributed by atoms with Crippen LogP contribution in [0.1, 0.15) is 15.9 Å². The van der Waals surface area contributed by atoms with E-state index in [1.807, 2.05) is 6.92 Å². The fourth-order valence-corrected chi connectivity index (χ4v) is 3.78. The van der Waals surface area contributed by atoms with Gasteiger partial charge < -0.3 is 13.6 Å². The predicted molar refractivity (Wildman–Crippen MR) is 125 cm³/mol. The van der Waals surface area contributed by atoms with Crippen molar-refractivity contribution in [2.45, 2.75) is 6.92 Å². The summed E-state index contributed by atoms with van der Waals surface area (Å²) in [6.45, 7) is 1.83. The lowest BCUT2D eigenvalue weighted by Crippen LogP contribution is -2.22. The van der Waals surface area contributed by atoms with Crippen molar-refractivity contribution in [3.8, 4) is 17.1 Å². The maximum Gasteiger partial charge on any atom is 0.351 e. The Kier molecular flexibility index (Phi) is 5.07. The summed E-state index contributed by atoms with van der Waals surface area (Å²) in [6, 6.07) is 19.9. The molecule has 0 aliphatic heterocycles. The topological polar surface area (TPSA) is 86.7 Å². The van der Waals surface area contributed by atoms with Crippen LogP contribution in [0.3, 0.4) is 0 Å². The molecule has 0 aliphatic rings. The fraction of sp³-hybridized carbons (Fsp3) is 0.0385. The molecule has 0 aliphatic carbocycles. The summed E-state index contributed by atoms with van der Waals surface area (Å²) >= 11 is 6.34. The molecular weight excluding hydrogens is 444 g/mol. The number of carbonyl (C=O) groups is 1. The van der Waals surface area contributed by atoms with Gasteiger partial charge in [0.25, 0.3) is 0 Å². The first-order valence-electron chi connectivity index (χ1n) is 10.00. The van der Waals surface area contributed by atoms with Gasteiger partial charge in [0.2, 0.25) is 11.2 Å². The summed E-state index contributed by atoms with van der Waals surface area (Å²) in [5.74, 6) is -1.42. The van der Waals surface area contributed by atoms with E-state index in [0.29, 0.717) is 27.1 Å². The van der Waals surface area contributed by atoms with E-state index in [9.17, 15) is 14.4 Å². The van der Waals surface area contributed by atoms with Crippen molar-refractivity contribution in [1.82, 2.24) is 0 Å². The maximum absolute atomic E-state index is 13.4. The molecule has 0 saturated heterocycles. The van der Waals surface area contributed by atoms with Crippen molar-refractivity contribution >= 4 is 39.5 Å². The molecule has 33 heavy (non-hydrogen) atoms. The minimum absolute atomic E-state index is 0.0134. The molecule has 6 nitrogen and oxygen atoms in total. The van der Waals surface area contributed by atoms with Crippen molar-refractivity contribution in [3.05, 3.63) is 110 Å². The number of esters is 1. The molecule has 0 unspecified atom stereocenters. The number of fused-ring (bicyclic) bond motifs is 2. The Morgan fingerprint density at radius 3 is 2.45 bits per heavy atom. The lowest BCUT2D eigenvalue weighted by molar-refractivity contribution is 0.0727. The molecule has 0 fully saturated rings. The number of aryl methyl sites for hydroxylation is 1. The van der Waals surface area contributed by atoms with Crippen LogP contribution in [0.5, 0.6) is 5.75 Å². The van der Waals surface area contributed by atoms with E-state index in [1.54, 1.807) is 66.7 Å². The second kappa shape index (κ2) is 8.07. The second-order valence-corrected chi connectivity index (χ2v) is 7.85. The van der Waals surface area contributed by atoms with Gasteiger partial charge in [0.05, 0.1) is 10.4 Å². The maximum atomic E-state index is 13.4. The Morgan fingerprint density at radius 1 is 0.879 bits per heavy atom. The summed E-state index contributed by atoms with van der Waals surface area (Å²) in [4.78, 5) is 38.8. The largest absolute Gasteiger partial charge is 0.452 e. The Bertz CT molecular complexity index is 1680. The van der Waals surface area contributed by atoms with E-state index < -0.39 is 17.0 Å². The number of ether oxygens (including phenoxy) is 1. The van der Waals surface area contributed by atoms with Gasteiger partial charge in [-0.25, -0.2) is 9.59 Å². The summed E-state index contributed by atoms with van der Waals surface area (Å²) in [6.07, 6.45) is 0. The van der Waals surface area contributed by atoms with Gasteiger partial charge in [-0.15, -0.1) is 0 Å². The molecule has 162 valence electrons. The average molecular weight is 459 g/mol. The zero-order valence-corrected chi connectivity index (χ0v) is 18.0. The van der Waals surface area contributed by atoms with E-state index in [0.717, 1.165) is 5.56 Å². The highest BCUT2D eigenvalue weighted by Gasteiger charge is 2.24. The summed E-state index contributed by atoms with van der Waals surface area (Å²) in [7, 11) is 0. The molecule has 0 spiro atoms. The van der Waals surface area contributed by atoms with Crippen LogP contribution < -0.4 is 15.8 Å². The Balaban J connectivity index is 1.71. The van der Waals surface area contributed by atoms with Crippen LogP contribution in [-0.4, -0.2) is 5.97 Å². The molecule has 3 aromatic carbocycles. The number of para-hydroxylation sites is 1. The number of hydrogen-bond acceptors (Lipinski definition) is 6. The first-order valence-corrected chi connectivity index (χ1v) is 10.4. The highest BCUT2D eigenvalue weighted by Crippen LogP contribution is 2.35. The minimum atomic E-state index is -1.04. The quantitative estimate of drug-likeness (QED) is 0.253. The molecule has 0 N–H and O–H groups in total. The Labute approximate surface area is 191 Å². The van der Waals surface area contributed by atoms with E-state index in [4.69, 9.17) is 25.2 Å². The van der Waals surface area contributed by atoms with Gasteiger partial charge in [-0.1, -0.05) is 53.6 Å². The number of rotatable bonds is 3. The third-order valence-corrected chi connectivity index (χ3v) is 5.51. The third-order valence-electron chi connectivity index (χ3n) is 5.18. The zero-order chi connectivity index (χ0) is 23.1. The van der Waals surface area contributed by atoms with Crippen molar-refractivity contribution in [2.24, 2.45) is 0 Å². The number of hydrogen-bond donors (Lipinski definition) is 0. The molecule has 7 heteroatoms. The molecule has 0 amide bonds. The van der Waals surface area contributed by atoms with Gasteiger partial charge in [0.1, 0.15) is 16.7 Å². The first-order chi connectivity index (χ1) is 15.9. The van der Waals surface area contributed by atoms with Gasteiger partial charge >= 0.3 is 11.6 Å². The van der Waals surface area contributed by atoms with Crippen LogP contribution >= 0.6 is 11.6 Å². The highest BCUT2D eigenvalue weighted by molar-refractivity contribution is 6.33. The minimum Gasteiger partial charge on any atom is -0.452 e. The van der Waals surface area contributed by atoms with Gasteiger partial charge in [-0.2, -0.15) is 0 Å². The van der Waals surface area contributed by atoms with Crippen molar-refractivity contribution in [1.29, 1.82) is 0 Å². The van der Waals surface area contributed by atoms with Crippen LogP contribution in [0, 0.1) is 6.92 Å². The monoisotopic (exact) mass is 458 g/mol. The predicted octanol–water partition coefficient (Wildman–Crippen LogP) is 5.75. The average Bonchev–Trinajstić information content (AvgIpc) is 2.81. The molecular formula is C26H15ClO6. The van der Waals surface area contributed by atoms with Crippen molar-refractivity contribution < 1.29 is 18.4 Å².